The highest BCUT2D eigenvalue weighted by Gasteiger charge is 2.29. The van der Waals surface area contributed by atoms with Gasteiger partial charge in [-0.3, -0.25) is 9.36 Å². The van der Waals surface area contributed by atoms with Gasteiger partial charge in [-0.15, -0.1) is 0 Å². The molecule has 0 radical (unpaired) electrons. The minimum Gasteiger partial charge on any atom is -0.339 e. The van der Waals surface area contributed by atoms with E-state index in [1.54, 1.807) is 10.6 Å². The van der Waals surface area contributed by atoms with Crippen molar-refractivity contribution < 1.29 is 9.32 Å². The minimum absolute atomic E-state index is 0.0369. The van der Waals surface area contributed by atoms with Crippen molar-refractivity contribution in [3.8, 4) is 0 Å². The predicted molar refractivity (Wildman–Crippen MR) is 97.7 cm³/mol. The first-order valence-electron chi connectivity index (χ1n) is 9.17. The number of carbonyl (C=O) groups excluding carboxylic acids is 1. The molecule has 0 unspecified atom stereocenters. The third-order valence-corrected chi connectivity index (χ3v) is 5.23. The number of fused-ring (bicyclic) bond motifs is 1. The number of carbonyl (C=O) groups is 1. The summed E-state index contributed by atoms with van der Waals surface area (Å²) in [6, 6.07) is 1.80. The number of aryl methyl sites for hydroxylation is 2. The standard InChI is InChI=1S/C18H22N6O3/c1-4-24-15(20-21-18(24)26)12-5-7-23(8-6-12)17(25)13-9-10(2)19-16-14(13)11(3)22-27-16/h9,12H,4-8H2,1-3H3,(H,21,26). The van der Waals surface area contributed by atoms with Crippen molar-refractivity contribution in [2.75, 3.05) is 13.1 Å². The maximum Gasteiger partial charge on any atom is 0.343 e. The molecule has 0 aromatic carbocycles. The number of nitrogens with one attached hydrogen (secondary N) is 1. The molecule has 9 heteroatoms. The average molecular weight is 370 g/mol. The zero-order valence-electron chi connectivity index (χ0n) is 15.7. The van der Waals surface area contributed by atoms with Crippen LogP contribution < -0.4 is 5.69 Å². The van der Waals surface area contributed by atoms with E-state index < -0.39 is 0 Å². The number of amides is 1. The lowest BCUT2D eigenvalue weighted by Crippen LogP contribution is -2.38. The van der Waals surface area contributed by atoms with Crippen LogP contribution in [-0.4, -0.2) is 48.8 Å². The largest absolute Gasteiger partial charge is 0.343 e. The van der Waals surface area contributed by atoms with Crippen LogP contribution in [0, 0.1) is 13.8 Å². The Balaban J connectivity index is 1.56. The Bertz CT molecular complexity index is 1050. The van der Waals surface area contributed by atoms with E-state index in [1.807, 2.05) is 25.7 Å². The van der Waals surface area contributed by atoms with E-state index >= 15 is 0 Å². The Morgan fingerprint density at radius 3 is 2.78 bits per heavy atom. The van der Waals surface area contributed by atoms with Gasteiger partial charge >= 0.3 is 5.69 Å². The second-order valence-electron chi connectivity index (χ2n) is 6.96. The lowest BCUT2D eigenvalue weighted by atomic mass is 9.95. The predicted octanol–water partition coefficient (Wildman–Crippen LogP) is 1.76. The van der Waals surface area contributed by atoms with Gasteiger partial charge in [0.15, 0.2) is 0 Å². The molecule has 1 saturated heterocycles. The van der Waals surface area contributed by atoms with Crippen LogP contribution in [0.15, 0.2) is 15.4 Å². The van der Waals surface area contributed by atoms with Crippen molar-refractivity contribution in [1.29, 1.82) is 0 Å². The van der Waals surface area contributed by atoms with E-state index in [1.165, 1.54) is 0 Å². The maximum absolute atomic E-state index is 13.1. The summed E-state index contributed by atoms with van der Waals surface area (Å²) in [5, 5.41) is 11.3. The molecule has 0 spiro atoms. The van der Waals surface area contributed by atoms with Gasteiger partial charge in [0.05, 0.1) is 16.6 Å². The zero-order valence-corrected chi connectivity index (χ0v) is 15.7. The molecule has 0 bridgehead atoms. The van der Waals surface area contributed by atoms with Gasteiger partial charge in [0.2, 0.25) is 0 Å². The average Bonchev–Trinajstić information content (AvgIpc) is 3.23. The summed E-state index contributed by atoms with van der Waals surface area (Å²) in [4.78, 5) is 31.1. The Kier molecular flexibility index (Phi) is 4.29. The van der Waals surface area contributed by atoms with Gasteiger partial charge < -0.3 is 9.42 Å². The van der Waals surface area contributed by atoms with Gasteiger partial charge in [-0.2, -0.15) is 5.10 Å². The number of aromatic nitrogens is 5. The van der Waals surface area contributed by atoms with Gasteiger partial charge in [-0.1, -0.05) is 5.16 Å². The molecule has 27 heavy (non-hydrogen) atoms. The highest BCUT2D eigenvalue weighted by atomic mass is 16.5. The first-order chi connectivity index (χ1) is 13.0. The van der Waals surface area contributed by atoms with Crippen molar-refractivity contribution in [1.82, 2.24) is 29.8 Å². The van der Waals surface area contributed by atoms with Gasteiger partial charge in [-0.05, 0) is 39.7 Å². The maximum atomic E-state index is 13.1. The molecule has 4 heterocycles. The molecule has 0 saturated carbocycles. The second-order valence-corrected chi connectivity index (χ2v) is 6.96. The number of pyridine rings is 1. The fourth-order valence-corrected chi connectivity index (χ4v) is 3.84. The Labute approximate surface area is 155 Å². The quantitative estimate of drug-likeness (QED) is 0.752. The Hall–Kier alpha value is -2.97. The summed E-state index contributed by atoms with van der Waals surface area (Å²) in [5.41, 5.74) is 2.19. The number of H-pyrrole nitrogens is 1. The Morgan fingerprint density at radius 1 is 1.33 bits per heavy atom. The zero-order chi connectivity index (χ0) is 19.1. The van der Waals surface area contributed by atoms with Crippen LogP contribution in [0.5, 0.6) is 0 Å². The smallest absolute Gasteiger partial charge is 0.339 e. The van der Waals surface area contributed by atoms with Crippen molar-refractivity contribution in [3.05, 3.63) is 39.3 Å². The van der Waals surface area contributed by atoms with Crippen LogP contribution in [0.1, 0.15) is 53.3 Å². The van der Waals surface area contributed by atoms with E-state index in [2.05, 4.69) is 20.3 Å². The molecule has 3 aromatic heterocycles. The topological polar surface area (TPSA) is 110 Å². The molecule has 0 aliphatic carbocycles. The summed E-state index contributed by atoms with van der Waals surface area (Å²) < 4.78 is 6.90. The molecule has 1 fully saturated rings. The van der Waals surface area contributed by atoms with Crippen molar-refractivity contribution in [2.24, 2.45) is 0 Å². The second kappa shape index (κ2) is 6.64. The van der Waals surface area contributed by atoms with E-state index in [-0.39, 0.29) is 17.5 Å². The van der Waals surface area contributed by atoms with Crippen LogP contribution in [0.2, 0.25) is 0 Å². The van der Waals surface area contributed by atoms with Crippen LogP contribution >= 0.6 is 0 Å². The lowest BCUT2D eigenvalue weighted by molar-refractivity contribution is 0.0712. The molecule has 3 aromatic rings. The number of rotatable bonds is 3. The van der Waals surface area contributed by atoms with Crippen LogP contribution in [0.4, 0.5) is 0 Å². The summed E-state index contributed by atoms with van der Waals surface area (Å²) in [6.45, 7) is 7.39. The first kappa shape index (κ1) is 17.4. The number of piperidine rings is 1. The highest BCUT2D eigenvalue weighted by molar-refractivity contribution is 6.06. The molecule has 9 nitrogen and oxygen atoms in total. The van der Waals surface area contributed by atoms with Crippen molar-refractivity contribution in [3.63, 3.8) is 0 Å². The normalized spacial score (nSPS) is 15.6. The molecule has 142 valence electrons. The van der Waals surface area contributed by atoms with E-state index in [9.17, 15) is 9.59 Å². The molecule has 1 amide bonds. The molecule has 0 atom stereocenters. The number of nitrogens with zero attached hydrogens (tertiary/aromatic N) is 5. The minimum atomic E-state index is -0.177. The molecule has 4 rings (SSSR count). The summed E-state index contributed by atoms with van der Waals surface area (Å²) in [7, 11) is 0. The lowest BCUT2D eigenvalue weighted by Gasteiger charge is -2.31. The molecular weight excluding hydrogens is 348 g/mol. The number of hydrogen-bond donors (Lipinski definition) is 1. The Morgan fingerprint density at radius 2 is 2.07 bits per heavy atom. The number of aromatic amines is 1. The van der Waals surface area contributed by atoms with Crippen LogP contribution in [-0.2, 0) is 6.54 Å². The van der Waals surface area contributed by atoms with Gasteiger partial charge in [-0.25, -0.2) is 14.9 Å². The summed E-state index contributed by atoms with van der Waals surface area (Å²) in [6.07, 6.45) is 1.54. The van der Waals surface area contributed by atoms with Gasteiger partial charge in [0.25, 0.3) is 11.6 Å². The number of likely N-dealkylation sites (tertiary alicyclic amines) is 1. The molecular formula is C18H22N6O3. The fourth-order valence-electron chi connectivity index (χ4n) is 3.84. The van der Waals surface area contributed by atoms with Crippen molar-refractivity contribution in [2.45, 2.75) is 46.1 Å². The van der Waals surface area contributed by atoms with E-state index in [4.69, 9.17) is 4.52 Å². The third-order valence-electron chi connectivity index (χ3n) is 5.23. The SMILES string of the molecule is CCn1c(C2CCN(C(=O)c3cc(C)nc4onc(C)c34)CC2)n[nH]c1=O. The van der Waals surface area contributed by atoms with Gasteiger partial charge in [0, 0.05) is 31.2 Å². The third kappa shape index (κ3) is 2.92. The van der Waals surface area contributed by atoms with Gasteiger partial charge in [0.1, 0.15) is 5.82 Å². The van der Waals surface area contributed by atoms with Crippen molar-refractivity contribution >= 4 is 17.0 Å². The summed E-state index contributed by atoms with van der Waals surface area (Å²) in [5.74, 6) is 0.918. The molecule has 1 N–H and O–H groups in total. The van der Waals surface area contributed by atoms with Crippen LogP contribution in [0.3, 0.4) is 0 Å². The highest BCUT2D eigenvalue weighted by Crippen LogP contribution is 2.29. The van der Waals surface area contributed by atoms with E-state index in [0.29, 0.717) is 42.0 Å². The first-order valence-corrected chi connectivity index (χ1v) is 9.17. The monoisotopic (exact) mass is 370 g/mol. The molecule has 1 aliphatic heterocycles. The van der Waals surface area contributed by atoms with E-state index in [0.717, 1.165) is 24.4 Å². The summed E-state index contributed by atoms with van der Waals surface area (Å²) >= 11 is 0. The molecule has 1 aliphatic rings. The van der Waals surface area contributed by atoms with Crippen LogP contribution in [0.25, 0.3) is 11.1 Å². The fraction of sp³-hybridized carbons (Fsp3) is 0.500. The number of hydrogen-bond acceptors (Lipinski definition) is 6.